The molecule has 2 nitrogen and oxygen atoms in total. The second-order valence-electron chi connectivity index (χ2n) is 3.79. The minimum Gasteiger partial charge on any atom is -0.381 e. The molecule has 1 N–H and O–H groups in total. The van der Waals surface area contributed by atoms with E-state index in [9.17, 15) is 0 Å². The van der Waals surface area contributed by atoms with Gasteiger partial charge in [0.25, 0.3) is 0 Å². The number of hydrogen-bond donors (Lipinski definition) is 1. The molecule has 0 bridgehead atoms. The molecule has 0 spiro atoms. The Labute approximate surface area is 103 Å². The first-order chi connectivity index (χ1) is 7.77. The molecule has 1 aromatic carbocycles. The highest BCUT2D eigenvalue weighted by molar-refractivity contribution is 6.30. The molecular weight excluding hydrogens is 222 g/mol. The summed E-state index contributed by atoms with van der Waals surface area (Å²) in [7, 11) is 1.97. The van der Waals surface area contributed by atoms with E-state index in [1.807, 2.05) is 19.2 Å². The zero-order valence-corrected chi connectivity index (χ0v) is 10.8. The lowest BCUT2D eigenvalue weighted by Crippen LogP contribution is -2.18. The number of halogens is 1. The van der Waals surface area contributed by atoms with Crippen LogP contribution in [0.3, 0.4) is 0 Å². The van der Waals surface area contributed by atoms with Gasteiger partial charge < -0.3 is 10.1 Å². The fraction of sp³-hybridized carbons (Fsp3) is 0.538. The van der Waals surface area contributed by atoms with E-state index in [0.29, 0.717) is 6.04 Å². The van der Waals surface area contributed by atoms with Crippen molar-refractivity contribution in [3.8, 4) is 0 Å². The highest BCUT2D eigenvalue weighted by atomic mass is 35.5. The van der Waals surface area contributed by atoms with E-state index in [1.54, 1.807) is 0 Å². The average molecular weight is 242 g/mol. The summed E-state index contributed by atoms with van der Waals surface area (Å²) in [5.41, 5.74) is 1.26. The van der Waals surface area contributed by atoms with Crippen LogP contribution in [0.25, 0.3) is 0 Å². The summed E-state index contributed by atoms with van der Waals surface area (Å²) >= 11 is 5.86. The van der Waals surface area contributed by atoms with Gasteiger partial charge in [-0.25, -0.2) is 0 Å². The first-order valence-corrected chi connectivity index (χ1v) is 6.16. The topological polar surface area (TPSA) is 21.3 Å². The van der Waals surface area contributed by atoms with Crippen LogP contribution in [0.5, 0.6) is 0 Å². The van der Waals surface area contributed by atoms with Gasteiger partial charge in [0.1, 0.15) is 0 Å². The Balaban J connectivity index is 2.44. The highest BCUT2D eigenvalue weighted by Crippen LogP contribution is 2.18. The molecule has 1 aromatic rings. The van der Waals surface area contributed by atoms with Gasteiger partial charge >= 0.3 is 0 Å². The van der Waals surface area contributed by atoms with Gasteiger partial charge in [-0.2, -0.15) is 0 Å². The van der Waals surface area contributed by atoms with E-state index in [4.69, 9.17) is 16.3 Å². The summed E-state index contributed by atoms with van der Waals surface area (Å²) < 4.78 is 5.49. The van der Waals surface area contributed by atoms with E-state index in [-0.39, 0.29) is 0 Å². The minimum absolute atomic E-state index is 0.342. The Kier molecular flexibility index (Phi) is 6.46. The van der Waals surface area contributed by atoms with Gasteiger partial charge in [-0.05, 0) is 37.6 Å². The molecule has 90 valence electrons. The van der Waals surface area contributed by atoms with Gasteiger partial charge in [0.2, 0.25) is 0 Å². The Hall–Kier alpha value is -0.570. The van der Waals surface area contributed by atoms with Crippen molar-refractivity contribution in [2.45, 2.75) is 25.8 Å². The normalized spacial score (nSPS) is 12.7. The van der Waals surface area contributed by atoms with Crippen LogP contribution in [0.4, 0.5) is 0 Å². The van der Waals surface area contributed by atoms with Crippen molar-refractivity contribution in [3.63, 3.8) is 0 Å². The van der Waals surface area contributed by atoms with Crippen molar-refractivity contribution in [1.29, 1.82) is 0 Å². The number of hydrogen-bond acceptors (Lipinski definition) is 2. The maximum Gasteiger partial charge on any atom is 0.0484 e. The van der Waals surface area contributed by atoms with Crippen LogP contribution < -0.4 is 5.32 Å². The number of nitrogens with one attached hydrogen (secondary N) is 1. The van der Waals surface area contributed by atoms with Crippen molar-refractivity contribution in [1.82, 2.24) is 5.32 Å². The van der Waals surface area contributed by atoms with Crippen molar-refractivity contribution in [2.24, 2.45) is 0 Å². The van der Waals surface area contributed by atoms with E-state index >= 15 is 0 Å². The molecule has 0 aliphatic heterocycles. The predicted molar refractivity (Wildman–Crippen MR) is 69.0 cm³/mol. The molecule has 16 heavy (non-hydrogen) atoms. The van der Waals surface area contributed by atoms with Crippen molar-refractivity contribution in [3.05, 3.63) is 34.9 Å². The van der Waals surface area contributed by atoms with Gasteiger partial charge in [0.15, 0.2) is 0 Å². The summed E-state index contributed by atoms with van der Waals surface area (Å²) in [6.45, 7) is 3.76. The second-order valence-corrected chi connectivity index (χ2v) is 4.23. The largest absolute Gasteiger partial charge is 0.381 e. The quantitative estimate of drug-likeness (QED) is 0.739. The molecule has 1 rings (SSSR count). The maximum atomic E-state index is 5.86. The molecule has 0 aromatic heterocycles. The van der Waals surface area contributed by atoms with Crippen LogP contribution in [0.15, 0.2) is 24.3 Å². The Morgan fingerprint density at radius 1 is 1.25 bits per heavy atom. The number of ether oxygens (including phenoxy) is 1. The van der Waals surface area contributed by atoms with Crippen molar-refractivity contribution in [2.75, 3.05) is 20.3 Å². The van der Waals surface area contributed by atoms with Crippen LogP contribution in [0.1, 0.15) is 31.4 Å². The molecule has 1 atom stereocenters. The summed E-state index contributed by atoms with van der Waals surface area (Å²) in [5, 5.41) is 4.07. The molecule has 0 saturated carbocycles. The Morgan fingerprint density at radius 3 is 2.50 bits per heavy atom. The van der Waals surface area contributed by atoms with Gasteiger partial charge in [-0.3, -0.25) is 0 Å². The standard InChI is InChI=1S/C13H20ClNO/c1-3-9-16-10-8-13(15-2)11-4-6-12(14)7-5-11/h4-7,13,15H,3,8-10H2,1-2H3. The molecule has 0 amide bonds. The lowest BCUT2D eigenvalue weighted by molar-refractivity contribution is 0.125. The fourth-order valence-electron chi connectivity index (χ4n) is 1.62. The summed E-state index contributed by atoms with van der Waals surface area (Å²) in [5.74, 6) is 0. The summed E-state index contributed by atoms with van der Waals surface area (Å²) in [6, 6.07) is 8.31. The zero-order valence-electron chi connectivity index (χ0n) is 10.0. The predicted octanol–water partition coefficient (Wildman–Crippen LogP) is 3.42. The van der Waals surface area contributed by atoms with E-state index in [1.165, 1.54) is 5.56 Å². The first kappa shape index (κ1) is 13.5. The third kappa shape index (κ3) is 4.52. The molecule has 0 heterocycles. The SMILES string of the molecule is CCCOCCC(NC)c1ccc(Cl)cc1. The van der Waals surface area contributed by atoms with E-state index in [0.717, 1.165) is 31.1 Å². The van der Waals surface area contributed by atoms with Crippen LogP contribution >= 0.6 is 11.6 Å². The molecule has 0 aliphatic rings. The maximum absolute atomic E-state index is 5.86. The Morgan fingerprint density at radius 2 is 1.94 bits per heavy atom. The molecule has 0 aliphatic carbocycles. The number of benzene rings is 1. The highest BCUT2D eigenvalue weighted by Gasteiger charge is 2.08. The smallest absolute Gasteiger partial charge is 0.0484 e. The van der Waals surface area contributed by atoms with Crippen LogP contribution in [0.2, 0.25) is 5.02 Å². The van der Waals surface area contributed by atoms with E-state index in [2.05, 4.69) is 24.4 Å². The Bertz CT molecular complexity index is 286. The molecule has 3 heteroatoms. The second kappa shape index (κ2) is 7.66. The van der Waals surface area contributed by atoms with Gasteiger partial charge in [0, 0.05) is 24.3 Å². The summed E-state index contributed by atoms with van der Waals surface area (Å²) in [6.07, 6.45) is 2.06. The average Bonchev–Trinajstić information content (AvgIpc) is 2.31. The summed E-state index contributed by atoms with van der Waals surface area (Å²) in [4.78, 5) is 0. The fourth-order valence-corrected chi connectivity index (χ4v) is 1.75. The number of rotatable bonds is 7. The van der Waals surface area contributed by atoms with Crippen LogP contribution in [-0.2, 0) is 4.74 Å². The lowest BCUT2D eigenvalue weighted by atomic mass is 10.0. The van der Waals surface area contributed by atoms with Gasteiger partial charge in [-0.1, -0.05) is 30.7 Å². The molecule has 1 unspecified atom stereocenters. The minimum atomic E-state index is 0.342. The molecular formula is C13H20ClNO. The van der Waals surface area contributed by atoms with Crippen molar-refractivity contribution >= 4 is 11.6 Å². The molecule has 0 radical (unpaired) electrons. The first-order valence-electron chi connectivity index (χ1n) is 5.78. The van der Waals surface area contributed by atoms with Gasteiger partial charge in [-0.15, -0.1) is 0 Å². The van der Waals surface area contributed by atoms with Crippen LogP contribution in [0, 0.1) is 0 Å². The lowest BCUT2D eigenvalue weighted by Gasteiger charge is -2.16. The van der Waals surface area contributed by atoms with E-state index < -0.39 is 0 Å². The molecule has 0 saturated heterocycles. The third-order valence-corrected chi connectivity index (χ3v) is 2.77. The zero-order chi connectivity index (χ0) is 11.8. The van der Waals surface area contributed by atoms with Gasteiger partial charge in [0.05, 0.1) is 0 Å². The van der Waals surface area contributed by atoms with Crippen LogP contribution in [-0.4, -0.2) is 20.3 Å². The monoisotopic (exact) mass is 241 g/mol. The molecule has 0 fully saturated rings. The third-order valence-electron chi connectivity index (χ3n) is 2.52. The van der Waals surface area contributed by atoms with Crippen molar-refractivity contribution < 1.29 is 4.74 Å².